The molecule has 0 radical (unpaired) electrons. The van der Waals surface area contributed by atoms with Gasteiger partial charge in [0, 0.05) is 5.56 Å². The van der Waals surface area contributed by atoms with Crippen molar-refractivity contribution in [3.63, 3.8) is 0 Å². The highest BCUT2D eigenvalue weighted by Crippen LogP contribution is 2.22. The second-order valence-corrected chi connectivity index (χ2v) is 7.80. The Hall–Kier alpha value is -4.06. The summed E-state index contributed by atoms with van der Waals surface area (Å²) in [5, 5.41) is 7.63. The van der Waals surface area contributed by atoms with E-state index in [1.54, 1.807) is 19.2 Å². The van der Waals surface area contributed by atoms with Crippen LogP contribution in [-0.4, -0.2) is 22.8 Å². The minimum Gasteiger partial charge on any atom is -0.497 e. The molecule has 0 unspecified atom stereocenters. The van der Waals surface area contributed by atoms with E-state index >= 15 is 0 Å². The van der Waals surface area contributed by atoms with E-state index in [-0.39, 0.29) is 5.91 Å². The molecule has 4 aromatic rings. The van der Waals surface area contributed by atoms with Crippen LogP contribution in [0.25, 0.3) is 0 Å². The number of benzene rings is 3. The second-order valence-electron chi connectivity index (χ2n) is 7.80. The van der Waals surface area contributed by atoms with Gasteiger partial charge in [0.25, 0.3) is 5.91 Å². The van der Waals surface area contributed by atoms with Gasteiger partial charge in [-0.3, -0.25) is 9.48 Å². The van der Waals surface area contributed by atoms with Crippen molar-refractivity contribution in [1.29, 1.82) is 0 Å². The zero-order valence-electron chi connectivity index (χ0n) is 19.0. The van der Waals surface area contributed by atoms with Crippen molar-refractivity contribution < 1.29 is 14.3 Å². The molecule has 0 aliphatic rings. The van der Waals surface area contributed by atoms with E-state index in [0.717, 1.165) is 39.7 Å². The summed E-state index contributed by atoms with van der Waals surface area (Å²) < 4.78 is 12.9. The molecule has 4 rings (SSSR count). The molecule has 33 heavy (non-hydrogen) atoms. The van der Waals surface area contributed by atoms with Crippen LogP contribution in [0, 0.1) is 13.8 Å². The summed E-state index contributed by atoms with van der Waals surface area (Å²) in [6.45, 7) is 4.95. The van der Waals surface area contributed by atoms with E-state index in [1.807, 2.05) is 73.1 Å². The molecule has 0 fully saturated rings. The van der Waals surface area contributed by atoms with Crippen molar-refractivity contribution in [2.45, 2.75) is 27.0 Å². The van der Waals surface area contributed by atoms with Crippen molar-refractivity contribution in [2.75, 3.05) is 12.4 Å². The summed E-state index contributed by atoms with van der Waals surface area (Å²) in [7, 11) is 1.63. The number of nitrogens with zero attached hydrogens (tertiary/aromatic N) is 2. The number of anilines is 1. The molecule has 1 N–H and O–H groups in total. The third kappa shape index (κ3) is 5.41. The number of rotatable bonds is 8. The molecule has 0 saturated heterocycles. The number of aromatic nitrogens is 2. The number of nitrogens with one attached hydrogen (secondary N) is 1. The number of hydrogen-bond donors (Lipinski definition) is 1. The van der Waals surface area contributed by atoms with Crippen LogP contribution in [-0.2, 0) is 13.2 Å². The normalized spacial score (nSPS) is 10.6. The fourth-order valence-corrected chi connectivity index (χ4v) is 3.56. The van der Waals surface area contributed by atoms with Gasteiger partial charge < -0.3 is 14.8 Å². The zero-order valence-corrected chi connectivity index (χ0v) is 19.0. The van der Waals surface area contributed by atoms with Gasteiger partial charge in [0.05, 0.1) is 30.7 Å². The Kier molecular flexibility index (Phi) is 6.74. The lowest BCUT2D eigenvalue weighted by atomic mass is 10.1. The number of carbonyl (C=O) groups is 1. The average Bonchev–Trinajstić information content (AvgIpc) is 3.11. The molecular formula is C27H27N3O3. The van der Waals surface area contributed by atoms with Gasteiger partial charge in [0.2, 0.25) is 0 Å². The molecule has 0 spiro atoms. The van der Waals surface area contributed by atoms with Crippen molar-refractivity contribution in [2.24, 2.45) is 0 Å². The monoisotopic (exact) mass is 441 g/mol. The molecule has 0 bridgehead atoms. The maximum Gasteiger partial charge on any atom is 0.255 e. The highest BCUT2D eigenvalue weighted by molar-refractivity contribution is 6.04. The summed E-state index contributed by atoms with van der Waals surface area (Å²) in [6.07, 6.45) is 0. The molecular weight excluding hydrogens is 414 g/mol. The van der Waals surface area contributed by atoms with Crippen molar-refractivity contribution in [3.8, 4) is 11.5 Å². The maximum atomic E-state index is 12.8. The summed E-state index contributed by atoms with van der Waals surface area (Å²) in [6, 6.07) is 25.0. The summed E-state index contributed by atoms with van der Waals surface area (Å²) >= 11 is 0. The van der Waals surface area contributed by atoms with Crippen LogP contribution in [0.5, 0.6) is 11.5 Å². The number of aryl methyl sites for hydroxylation is 1. The highest BCUT2D eigenvalue weighted by Gasteiger charge is 2.15. The minimum atomic E-state index is -0.164. The fraction of sp³-hybridized carbons (Fsp3) is 0.185. The Bertz CT molecular complexity index is 1210. The molecule has 168 valence electrons. The van der Waals surface area contributed by atoms with Gasteiger partial charge in [-0.15, -0.1) is 0 Å². The van der Waals surface area contributed by atoms with Crippen LogP contribution in [0.1, 0.15) is 32.9 Å². The number of hydrogen-bond acceptors (Lipinski definition) is 4. The van der Waals surface area contributed by atoms with Crippen LogP contribution >= 0.6 is 0 Å². The van der Waals surface area contributed by atoms with Crippen molar-refractivity contribution in [1.82, 2.24) is 9.78 Å². The van der Waals surface area contributed by atoms with E-state index in [1.165, 1.54) is 0 Å². The van der Waals surface area contributed by atoms with Gasteiger partial charge in [0.1, 0.15) is 18.1 Å². The first kappa shape index (κ1) is 22.1. The maximum absolute atomic E-state index is 12.8. The molecule has 1 amide bonds. The third-order valence-corrected chi connectivity index (χ3v) is 5.48. The van der Waals surface area contributed by atoms with Crippen molar-refractivity contribution >= 4 is 11.6 Å². The lowest BCUT2D eigenvalue weighted by Gasteiger charge is -2.09. The lowest BCUT2D eigenvalue weighted by Crippen LogP contribution is -2.13. The van der Waals surface area contributed by atoms with Crippen LogP contribution in [0.15, 0.2) is 78.9 Å². The SMILES string of the molecule is COc1ccc(OCc2ccc(C(=O)Nc3c(C)nn(Cc4ccccc4)c3C)cc2)cc1. The Morgan fingerprint density at radius 2 is 1.55 bits per heavy atom. The van der Waals surface area contributed by atoms with Gasteiger partial charge in [-0.1, -0.05) is 42.5 Å². The van der Waals surface area contributed by atoms with Crippen molar-refractivity contribution in [3.05, 3.63) is 107 Å². The van der Waals surface area contributed by atoms with E-state index in [0.29, 0.717) is 18.7 Å². The zero-order chi connectivity index (χ0) is 23.2. The Morgan fingerprint density at radius 3 is 2.21 bits per heavy atom. The van der Waals surface area contributed by atoms with Crippen LogP contribution in [0.4, 0.5) is 5.69 Å². The highest BCUT2D eigenvalue weighted by atomic mass is 16.5. The average molecular weight is 442 g/mol. The van der Waals surface area contributed by atoms with Gasteiger partial charge >= 0.3 is 0 Å². The van der Waals surface area contributed by atoms with E-state index in [4.69, 9.17) is 9.47 Å². The molecule has 0 aliphatic carbocycles. The Labute approximate surface area is 193 Å². The number of amides is 1. The first-order chi connectivity index (χ1) is 16.0. The molecule has 0 aliphatic heterocycles. The first-order valence-electron chi connectivity index (χ1n) is 10.8. The number of ether oxygens (including phenoxy) is 2. The van der Waals surface area contributed by atoms with Gasteiger partial charge in [-0.2, -0.15) is 5.10 Å². The van der Waals surface area contributed by atoms with Crippen LogP contribution in [0.3, 0.4) is 0 Å². The van der Waals surface area contributed by atoms with Gasteiger partial charge in [0.15, 0.2) is 0 Å². The number of methoxy groups -OCH3 is 1. The first-order valence-corrected chi connectivity index (χ1v) is 10.8. The molecule has 6 heteroatoms. The molecule has 0 atom stereocenters. The minimum absolute atomic E-state index is 0.164. The summed E-state index contributed by atoms with van der Waals surface area (Å²) in [5.74, 6) is 1.38. The van der Waals surface area contributed by atoms with Gasteiger partial charge in [-0.25, -0.2) is 0 Å². The van der Waals surface area contributed by atoms with E-state index < -0.39 is 0 Å². The van der Waals surface area contributed by atoms with Crippen LogP contribution < -0.4 is 14.8 Å². The molecule has 1 heterocycles. The topological polar surface area (TPSA) is 65.4 Å². The summed E-state index contributed by atoms with van der Waals surface area (Å²) in [5.41, 5.74) is 5.19. The van der Waals surface area contributed by atoms with E-state index in [2.05, 4.69) is 22.5 Å². The standard InChI is InChI=1S/C27H27N3O3/c1-19-26(20(2)30(29-19)17-21-7-5-4-6-8-21)28-27(31)23-11-9-22(10-12-23)18-33-25-15-13-24(32-3)14-16-25/h4-16H,17-18H2,1-3H3,(H,28,31). The third-order valence-electron chi connectivity index (χ3n) is 5.48. The predicted octanol–water partition coefficient (Wildman–Crippen LogP) is 5.39. The Morgan fingerprint density at radius 1 is 0.879 bits per heavy atom. The van der Waals surface area contributed by atoms with Gasteiger partial charge in [-0.05, 0) is 61.4 Å². The largest absolute Gasteiger partial charge is 0.497 e. The Balaban J connectivity index is 1.38. The summed E-state index contributed by atoms with van der Waals surface area (Å²) in [4.78, 5) is 12.8. The fourth-order valence-electron chi connectivity index (χ4n) is 3.56. The second kappa shape index (κ2) is 10.0. The molecule has 1 aromatic heterocycles. The molecule has 0 saturated carbocycles. The predicted molar refractivity (Wildman–Crippen MR) is 129 cm³/mol. The smallest absolute Gasteiger partial charge is 0.255 e. The van der Waals surface area contributed by atoms with E-state index in [9.17, 15) is 4.79 Å². The van der Waals surface area contributed by atoms with Crippen LogP contribution in [0.2, 0.25) is 0 Å². The molecule has 6 nitrogen and oxygen atoms in total. The number of carbonyl (C=O) groups excluding carboxylic acids is 1. The quantitative estimate of drug-likeness (QED) is 0.398. The lowest BCUT2D eigenvalue weighted by molar-refractivity contribution is 0.102. The molecule has 3 aromatic carbocycles.